The minimum absolute atomic E-state index is 0.218. The highest BCUT2D eigenvalue weighted by Crippen LogP contribution is 2.33. The maximum atomic E-state index is 13.3. The van der Waals surface area contributed by atoms with E-state index in [1.807, 2.05) is 6.08 Å². The Hall–Kier alpha value is -2.25. The van der Waals surface area contributed by atoms with Gasteiger partial charge in [0.2, 0.25) is 5.91 Å². The molecule has 0 aliphatic carbocycles. The van der Waals surface area contributed by atoms with E-state index in [4.69, 9.17) is 28.4 Å². The Kier molecular flexibility index (Phi) is 39.8. The molecule has 1 amide bonds. The van der Waals surface area contributed by atoms with Gasteiger partial charge in [0.1, 0.15) is 73.2 Å². The molecule has 3 aliphatic rings. The standard InChI is InChI=1S/C61H109NO18/c1-3-5-7-9-11-13-15-17-19-20-21-22-23-24-25-26-28-30-32-34-36-38-45(66)44(62-49(67)39-37-35-33-31-29-27-18-16-14-12-10-8-6-4-2)43-75-59-55(73)52(70)57(47(41-64)77-59)80-61-56(74)53(71)58(48(42-65)78-61)79-60-54(72)51(69)50(68)46(40-63)76-60/h10,12,16,18,28,30,36,38,44-48,50-61,63-66,68-74H,3-9,11,13-15,17,19-27,29,31-35,37,39-43H2,1-2H3,(H,62,67)/b12-10-,18-16-,30-28+,38-36+. The minimum atomic E-state index is -1.98. The zero-order chi connectivity index (χ0) is 58.3. The normalized spacial score (nSPS) is 30.3. The van der Waals surface area contributed by atoms with Gasteiger partial charge in [-0.1, -0.05) is 184 Å². The molecule has 3 heterocycles. The van der Waals surface area contributed by atoms with Crippen LogP contribution in [0.5, 0.6) is 0 Å². The van der Waals surface area contributed by atoms with Gasteiger partial charge in [-0.15, -0.1) is 0 Å². The molecule has 3 saturated heterocycles. The second-order valence-electron chi connectivity index (χ2n) is 22.2. The highest BCUT2D eigenvalue weighted by molar-refractivity contribution is 5.76. The fourth-order valence-electron chi connectivity index (χ4n) is 10.2. The first-order chi connectivity index (χ1) is 38.8. The molecule has 0 saturated carbocycles. The van der Waals surface area contributed by atoms with Crippen molar-refractivity contribution in [1.82, 2.24) is 5.32 Å². The van der Waals surface area contributed by atoms with Gasteiger partial charge >= 0.3 is 0 Å². The van der Waals surface area contributed by atoms with E-state index in [1.165, 1.54) is 103 Å². The van der Waals surface area contributed by atoms with Gasteiger partial charge < -0.3 is 89.9 Å². The zero-order valence-corrected chi connectivity index (χ0v) is 48.5. The summed E-state index contributed by atoms with van der Waals surface area (Å²) in [4.78, 5) is 13.3. The molecule has 0 aromatic rings. The summed E-state index contributed by atoms with van der Waals surface area (Å²) in [6, 6.07) is -0.997. The summed E-state index contributed by atoms with van der Waals surface area (Å²) in [5.74, 6) is -0.301. The van der Waals surface area contributed by atoms with Crippen molar-refractivity contribution < 1.29 is 89.4 Å². The van der Waals surface area contributed by atoms with Crippen LogP contribution in [0, 0.1) is 0 Å². The topological polar surface area (TPSA) is 307 Å². The van der Waals surface area contributed by atoms with Crippen molar-refractivity contribution in [3.8, 4) is 0 Å². The predicted molar refractivity (Wildman–Crippen MR) is 305 cm³/mol. The van der Waals surface area contributed by atoms with Crippen molar-refractivity contribution in [2.24, 2.45) is 0 Å². The number of carbonyl (C=O) groups is 1. The summed E-state index contributed by atoms with van der Waals surface area (Å²) >= 11 is 0. The number of hydrogen-bond donors (Lipinski definition) is 12. The van der Waals surface area contributed by atoms with Gasteiger partial charge in [0.25, 0.3) is 0 Å². The molecule has 19 heteroatoms. The van der Waals surface area contributed by atoms with Crippen molar-refractivity contribution >= 4 is 5.91 Å². The Balaban J connectivity index is 1.51. The van der Waals surface area contributed by atoms with E-state index >= 15 is 0 Å². The minimum Gasteiger partial charge on any atom is -0.394 e. The van der Waals surface area contributed by atoms with E-state index < -0.39 is 124 Å². The lowest BCUT2D eigenvalue weighted by Gasteiger charge is -2.48. The molecule has 0 radical (unpaired) electrons. The largest absolute Gasteiger partial charge is 0.394 e. The fourth-order valence-corrected chi connectivity index (χ4v) is 10.2. The summed E-state index contributed by atoms with van der Waals surface area (Å²) in [6.45, 7) is 1.65. The lowest BCUT2D eigenvalue weighted by molar-refractivity contribution is -0.379. The zero-order valence-electron chi connectivity index (χ0n) is 48.5. The number of allylic oxidation sites excluding steroid dienone is 7. The molecule has 17 unspecified atom stereocenters. The third kappa shape index (κ3) is 27.6. The van der Waals surface area contributed by atoms with Crippen LogP contribution in [0.3, 0.4) is 0 Å². The molecular weight excluding hydrogens is 1030 g/mol. The maximum Gasteiger partial charge on any atom is 0.220 e. The van der Waals surface area contributed by atoms with E-state index in [9.17, 15) is 61.0 Å². The van der Waals surface area contributed by atoms with E-state index in [0.29, 0.717) is 12.8 Å². The van der Waals surface area contributed by atoms with Crippen LogP contribution in [0.2, 0.25) is 0 Å². The summed E-state index contributed by atoms with van der Waals surface area (Å²) in [5.41, 5.74) is 0. The molecule has 19 nitrogen and oxygen atoms in total. The van der Waals surface area contributed by atoms with Crippen LogP contribution in [0.15, 0.2) is 48.6 Å². The van der Waals surface area contributed by atoms with Gasteiger partial charge in [-0.25, -0.2) is 0 Å². The summed E-state index contributed by atoms with van der Waals surface area (Å²) in [6.07, 6.45) is 22.4. The molecule has 3 fully saturated rings. The van der Waals surface area contributed by atoms with Crippen molar-refractivity contribution in [1.29, 1.82) is 0 Å². The van der Waals surface area contributed by atoms with Gasteiger partial charge in [-0.2, -0.15) is 0 Å². The Morgan fingerprint density at radius 1 is 0.450 bits per heavy atom. The van der Waals surface area contributed by atoms with Gasteiger partial charge in [0.05, 0.1) is 38.6 Å². The number of aliphatic hydroxyl groups excluding tert-OH is 11. The quantitative estimate of drug-likeness (QED) is 0.0250. The van der Waals surface area contributed by atoms with Crippen LogP contribution in [0.1, 0.15) is 200 Å². The molecule has 17 atom stereocenters. The van der Waals surface area contributed by atoms with Crippen LogP contribution in [-0.4, -0.2) is 193 Å². The first-order valence-corrected chi connectivity index (χ1v) is 30.9. The lowest BCUT2D eigenvalue weighted by atomic mass is 9.96. The highest BCUT2D eigenvalue weighted by atomic mass is 16.8. The molecule has 3 aliphatic heterocycles. The summed E-state index contributed by atoms with van der Waals surface area (Å²) in [7, 11) is 0. The van der Waals surface area contributed by atoms with E-state index in [1.54, 1.807) is 6.08 Å². The van der Waals surface area contributed by atoms with Crippen molar-refractivity contribution in [2.75, 3.05) is 26.4 Å². The second kappa shape index (κ2) is 44.3. The van der Waals surface area contributed by atoms with Crippen LogP contribution in [-0.2, 0) is 33.2 Å². The predicted octanol–water partition coefficient (Wildman–Crippen LogP) is 5.87. The molecule has 0 aromatic heterocycles. The number of amides is 1. The highest BCUT2D eigenvalue weighted by Gasteiger charge is 2.53. The average molecular weight is 1140 g/mol. The van der Waals surface area contributed by atoms with E-state index in [-0.39, 0.29) is 18.9 Å². The third-order valence-corrected chi connectivity index (χ3v) is 15.3. The monoisotopic (exact) mass is 1140 g/mol. The Morgan fingerprint density at radius 3 is 1.36 bits per heavy atom. The SMILES string of the molecule is CCCC/C=C\C/C=C\CCCCCCCC(=O)NC(COC1OC(CO)C(OC2OC(CO)C(OC3OC(CO)C(O)C(O)C3O)C(O)C2O)C(O)C1O)C(O)/C=C/CC/C=C/CCCCCCCCCCCCCCCCC. The molecule has 3 rings (SSSR count). The molecule has 0 bridgehead atoms. The second-order valence-corrected chi connectivity index (χ2v) is 22.2. The van der Waals surface area contributed by atoms with Crippen molar-refractivity contribution in [3.05, 3.63) is 48.6 Å². The lowest BCUT2D eigenvalue weighted by Crippen LogP contribution is -2.66. The van der Waals surface area contributed by atoms with Crippen LogP contribution in [0.4, 0.5) is 0 Å². The van der Waals surface area contributed by atoms with Gasteiger partial charge in [-0.3, -0.25) is 4.79 Å². The van der Waals surface area contributed by atoms with E-state index in [2.05, 4.69) is 55.6 Å². The Bertz CT molecular complexity index is 1650. The van der Waals surface area contributed by atoms with Gasteiger partial charge in [-0.05, 0) is 57.8 Å². The van der Waals surface area contributed by atoms with Crippen LogP contribution >= 0.6 is 0 Å². The fraction of sp³-hybridized carbons (Fsp3) is 0.852. The van der Waals surface area contributed by atoms with Gasteiger partial charge in [0, 0.05) is 6.42 Å². The number of unbranched alkanes of at least 4 members (excludes halogenated alkanes) is 23. The summed E-state index contributed by atoms with van der Waals surface area (Å²) in [5, 5.41) is 120. The molecule has 466 valence electrons. The van der Waals surface area contributed by atoms with E-state index in [0.717, 1.165) is 64.2 Å². The number of rotatable bonds is 45. The van der Waals surface area contributed by atoms with Crippen molar-refractivity contribution in [2.45, 2.75) is 304 Å². The van der Waals surface area contributed by atoms with Crippen LogP contribution < -0.4 is 5.32 Å². The number of aliphatic hydroxyl groups is 11. The van der Waals surface area contributed by atoms with Gasteiger partial charge in [0.15, 0.2) is 18.9 Å². The first-order valence-electron chi connectivity index (χ1n) is 30.9. The number of carbonyl (C=O) groups excluding carboxylic acids is 1. The molecular formula is C61H109NO18. The maximum absolute atomic E-state index is 13.3. The Morgan fingerprint density at radius 2 is 0.850 bits per heavy atom. The number of hydrogen-bond acceptors (Lipinski definition) is 18. The van der Waals surface area contributed by atoms with Crippen molar-refractivity contribution in [3.63, 3.8) is 0 Å². The Labute approximate surface area is 478 Å². The average Bonchev–Trinajstić information content (AvgIpc) is 3.47. The molecule has 12 N–H and O–H groups in total. The molecule has 0 spiro atoms. The molecule has 0 aromatic carbocycles. The third-order valence-electron chi connectivity index (χ3n) is 15.3. The first kappa shape index (κ1) is 72.0. The summed E-state index contributed by atoms with van der Waals surface area (Å²) < 4.78 is 34.2. The van der Waals surface area contributed by atoms with Crippen LogP contribution in [0.25, 0.3) is 0 Å². The molecule has 80 heavy (non-hydrogen) atoms. The number of ether oxygens (including phenoxy) is 6. The number of nitrogens with one attached hydrogen (secondary N) is 1. The smallest absolute Gasteiger partial charge is 0.220 e.